The molecule has 1 fully saturated rings. The summed E-state index contributed by atoms with van der Waals surface area (Å²) in [6.45, 7) is 0. The monoisotopic (exact) mass is 424 g/mol. The second-order valence-electron chi connectivity index (χ2n) is 6.70. The Labute approximate surface area is 177 Å². The van der Waals surface area contributed by atoms with Crippen molar-refractivity contribution in [2.75, 3.05) is 10.6 Å². The molecule has 3 aromatic rings. The predicted octanol–water partition coefficient (Wildman–Crippen LogP) is 5.08. The summed E-state index contributed by atoms with van der Waals surface area (Å²) in [5.74, 6) is -0.432. The van der Waals surface area contributed by atoms with E-state index in [1.54, 1.807) is 65.9 Å². The minimum atomic E-state index is -0.236. The zero-order valence-corrected chi connectivity index (χ0v) is 17.3. The van der Waals surface area contributed by atoms with Crippen molar-refractivity contribution in [3.63, 3.8) is 0 Å². The van der Waals surface area contributed by atoms with Crippen LogP contribution in [-0.2, 0) is 0 Å². The van der Waals surface area contributed by atoms with Crippen LogP contribution in [0.15, 0.2) is 59.2 Å². The van der Waals surface area contributed by atoms with E-state index in [2.05, 4.69) is 20.6 Å². The zero-order chi connectivity index (χ0) is 20.1. The van der Waals surface area contributed by atoms with Crippen LogP contribution in [-0.4, -0.2) is 27.0 Å². The van der Waals surface area contributed by atoms with Gasteiger partial charge in [0.05, 0.1) is 5.56 Å². The van der Waals surface area contributed by atoms with Crippen molar-refractivity contribution in [1.82, 2.24) is 9.97 Å². The van der Waals surface area contributed by atoms with E-state index in [9.17, 15) is 9.59 Å². The summed E-state index contributed by atoms with van der Waals surface area (Å²) in [6, 6.07) is 10.4. The van der Waals surface area contributed by atoms with E-state index in [-0.39, 0.29) is 11.8 Å². The number of amides is 2. The molecule has 2 heterocycles. The van der Waals surface area contributed by atoms with Crippen molar-refractivity contribution in [3.05, 3.63) is 65.3 Å². The Morgan fingerprint density at radius 2 is 1.76 bits per heavy atom. The first-order valence-electron chi connectivity index (χ1n) is 9.43. The number of aromatic nitrogens is 2. The fourth-order valence-corrected chi connectivity index (χ4v) is 5.00. The Kier molecular flexibility index (Phi) is 6.21. The normalized spacial score (nSPS) is 13.9. The molecule has 0 aliphatic heterocycles. The van der Waals surface area contributed by atoms with Gasteiger partial charge in [-0.25, -0.2) is 9.97 Å². The molecule has 0 bridgehead atoms. The fourth-order valence-electron chi connectivity index (χ4n) is 3.18. The Balaban J connectivity index is 1.41. The third kappa shape index (κ3) is 5.02. The number of hydrogen-bond acceptors (Lipinski definition) is 6. The van der Waals surface area contributed by atoms with Crippen molar-refractivity contribution in [3.8, 4) is 0 Å². The predicted molar refractivity (Wildman–Crippen MR) is 117 cm³/mol. The van der Waals surface area contributed by atoms with Crippen LogP contribution in [0, 0.1) is 0 Å². The summed E-state index contributed by atoms with van der Waals surface area (Å²) in [5, 5.41) is 9.30. The Morgan fingerprint density at radius 3 is 2.48 bits per heavy atom. The fraction of sp³-hybridized carbons (Fsp3) is 0.238. The molecule has 4 rings (SSSR count). The average Bonchev–Trinajstić information content (AvgIpc) is 3.43. The number of benzene rings is 1. The molecule has 2 amide bonds. The van der Waals surface area contributed by atoms with Gasteiger partial charge in [0, 0.05) is 34.3 Å². The van der Waals surface area contributed by atoms with Gasteiger partial charge >= 0.3 is 0 Å². The molecule has 2 N–H and O–H groups in total. The highest BCUT2D eigenvalue weighted by molar-refractivity contribution is 7.99. The minimum absolute atomic E-state index is 0.196. The lowest BCUT2D eigenvalue weighted by atomic mass is 10.2. The van der Waals surface area contributed by atoms with Gasteiger partial charge in [0.15, 0.2) is 5.13 Å². The number of pyridine rings is 1. The number of thioether (sulfide) groups is 1. The van der Waals surface area contributed by atoms with E-state index in [1.807, 2.05) is 0 Å². The lowest BCUT2D eigenvalue weighted by Crippen LogP contribution is -2.15. The summed E-state index contributed by atoms with van der Waals surface area (Å²) < 4.78 is 0. The standard InChI is InChI=1S/C21H20N4O2S2/c26-18(25-21-23-12-13-28-21)14-7-9-15(10-8-14)24-19(27)17-6-3-11-22-20(17)29-16-4-1-2-5-16/h3,6-13,16H,1-2,4-5H2,(H,24,27)(H,23,25,26). The highest BCUT2D eigenvalue weighted by atomic mass is 32.2. The molecule has 1 saturated carbocycles. The van der Waals surface area contributed by atoms with Crippen molar-refractivity contribution in [2.45, 2.75) is 36.0 Å². The van der Waals surface area contributed by atoms with E-state index in [0.717, 1.165) is 5.03 Å². The molecule has 148 valence electrons. The summed E-state index contributed by atoms with van der Waals surface area (Å²) in [5.41, 5.74) is 1.70. The van der Waals surface area contributed by atoms with Crippen molar-refractivity contribution >= 4 is 45.7 Å². The molecule has 1 aromatic carbocycles. The van der Waals surface area contributed by atoms with Gasteiger partial charge in [-0.2, -0.15) is 0 Å². The SMILES string of the molecule is O=C(Nc1nccs1)c1ccc(NC(=O)c2cccnc2SC2CCCC2)cc1. The van der Waals surface area contributed by atoms with Crippen LogP contribution in [0.2, 0.25) is 0 Å². The Morgan fingerprint density at radius 1 is 0.966 bits per heavy atom. The van der Waals surface area contributed by atoms with Crippen LogP contribution in [0.25, 0.3) is 0 Å². The smallest absolute Gasteiger partial charge is 0.258 e. The molecule has 0 atom stereocenters. The Hall–Kier alpha value is -2.71. The van der Waals surface area contributed by atoms with Crippen LogP contribution in [0.4, 0.5) is 10.8 Å². The quantitative estimate of drug-likeness (QED) is 0.577. The number of carbonyl (C=O) groups is 2. The average molecular weight is 425 g/mol. The number of carbonyl (C=O) groups excluding carboxylic acids is 2. The molecule has 0 spiro atoms. The van der Waals surface area contributed by atoms with Crippen LogP contribution < -0.4 is 10.6 Å². The van der Waals surface area contributed by atoms with Crippen LogP contribution in [0.5, 0.6) is 0 Å². The van der Waals surface area contributed by atoms with Gasteiger partial charge in [0.1, 0.15) is 5.03 Å². The maximum atomic E-state index is 12.8. The molecule has 0 radical (unpaired) electrons. The van der Waals surface area contributed by atoms with Gasteiger partial charge in [-0.1, -0.05) is 12.8 Å². The summed E-state index contributed by atoms with van der Waals surface area (Å²) in [6.07, 6.45) is 8.20. The summed E-state index contributed by atoms with van der Waals surface area (Å²) in [4.78, 5) is 33.5. The van der Waals surface area contributed by atoms with Gasteiger partial charge in [-0.05, 0) is 49.2 Å². The van der Waals surface area contributed by atoms with Crippen LogP contribution in [0.3, 0.4) is 0 Å². The second-order valence-corrected chi connectivity index (χ2v) is 8.89. The van der Waals surface area contributed by atoms with E-state index in [1.165, 1.54) is 37.0 Å². The number of nitrogens with zero attached hydrogens (tertiary/aromatic N) is 2. The first-order chi connectivity index (χ1) is 14.2. The van der Waals surface area contributed by atoms with Gasteiger partial charge in [0.25, 0.3) is 11.8 Å². The lowest BCUT2D eigenvalue weighted by Gasteiger charge is -2.12. The third-order valence-corrected chi connectivity index (χ3v) is 6.70. The van der Waals surface area contributed by atoms with E-state index in [4.69, 9.17) is 0 Å². The lowest BCUT2D eigenvalue weighted by molar-refractivity contribution is 0.101. The first kappa shape index (κ1) is 19.6. The molecule has 0 unspecified atom stereocenters. The van der Waals surface area contributed by atoms with Gasteiger partial charge in [0.2, 0.25) is 0 Å². The maximum Gasteiger partial charge on any atom is 0.258 e. The molecule has 29 heavy (non-hydrogen) atoms. The maximum absolute atomic E-state index is 12.8. The largest absolute Gasteiger partial charge is 0.322 e. The molecule has 2 aromatic heterocycles. The number of nitrogens with one attached hydrogen (secondary N) is 2. The molecular weight excluding hydrogens is 404 g/mol. The topological polar surface area (TPSA) is 84.0 Å². The highest BCUT2D eigenvalue weighted by Crippen LogP contribution is 2.35. The molecule has 0 saturated heterocycles. The molecule has 1 aliphatic rings. The molecule has 1 aliphatic carbocycles. The van der Waals surface area contributed by atoms with Crippen molar-refractivity contribution < 1.29 is 9.59 Å². The third-order valence-electron chi connectivity index (χ3n) is 4.65. The molecule has 8 heteroatoms. The van der Waals surface area contributed by atoms with Gasteiger partial charge in [-0.15, -0.1) is 23.1 Å². The number of thiazole rings is 1. The minimum Gasteiger partial charge on any atom is -0.322 e. The van der Waals surface area contributed by atoms with Crippen LogP contribution >= 0.6 is 23.1 Å². The highest BCUT2D eigenvalue weighted by Gasteiger charge is 2.20. The zero-order valence-electron chi connectivity index (χ0n) is 15.6. The number of rotatable bonds is 6. The summed E-state index contributed by atoms with van der Waals surface area (Å²) >= 11 is 3.05. The van der Waals surface area contributed by atoms with Gasteiger partial charge in [-0.3, -0.25) is 14.9 Å². The summed E-state index contributed by atoms with van der Waals surface area (Å²) in [7, 11) is 0. The van der Waals surface area contributed by atoms with Crippen LogP contribution in [0.1, 0.15) is 46.4 Å². The molecular formula is C21H20N4O2S2. The first-order valence-corrected chi connectivity index (χ1v) is 11.2. The Bertz CT molecular complexity index is 984. The van der Waals surface area contributed by atoms with Gasteiger partial charge < -0.3 is 5.32 Å². The number of anilines is 2. The number of hydrogen-bond donors (Lipinski definition) is 2. The van der Waals surface area contributed by atoms with E-state index in [0.29, 0.717) is 27.2 Å². The molecule has 6 nitrogen and oxygen atoms in total. The second kappa shape index (κ2) is 9.19. The van der Waals surface area contributed by atoms with E-state index >= 15 is 0 Å². The van der Waals surface area contributed by atoms with Crippen molar-refractivity contribution in [1.29, 1.82) is 0 Å². The van der Waals surface area contributed by atoms with E-state index < -0.39 is 0 Å². The van der Waals surface area contributed by atoms with Crippen molar-refractivity contribution in [2.24, 2.45) is 0 Å².